The molecule has 1 spiro atoms. The number of nitrogens with zero attached hydrogens (tertiary/aromatic N) is 3. The molecule has 0 aromatic heterocycles. The molecule has 224 valence electrons. The molecule has 8 nitrogen and oxygen atoms in total. The zero-order valence-electron chi connectivity index (χ0n) is 25.1. The third-order valence-electron chi connectivity index (χ3n) is 10.2. The lowest BCUT2D eigenvalue weighted by molar-refractivity contribution is -0.160. The number of amides is 3. The zero-order valence-corrected chi connectivity index (χ0v) is 25.1. The minimum atomic E-state index is -1.09. The van der Waals surface area contributed by atoms with E-state index in [1.807, 2.05) is 32.6 Å². The van der Waals surface area contributed by atoms with Crippen molar-refractivity contribution in [2.45, 2.75) is 115 Å². The molecular weight excluding hydrogens is 506 g/mol. The predicted octanol–water partition coefficient (Wildman–Crippen LogP) is 3.93. The zero-order chi connectivity index (χ0) is 29.2. The SMILES string of the molecule is C=CCN(CCC)C(=O)[C@@H]1[C@H]2C(=O)N([C@@H](CO)C(C)C)C(C(=O)N(CC=C)C3CCCCC3)C23CC[C@@]1(CC)O3. The lowest BCUT2D eigenvalue weighted by Gasteiger charge is -2.43. The van der Waals surface area contributed by atoms with Crippen molar-refractivity contribution in [1.29, 1.82) is 0 Å². The van der Waals surface area contributed by atoms with E-state index in [1.54, 1.807) is 22.0 Å². The number of hydrogen-bond donors (Lipinski definition) is 1. The maximum atomic E-state index is 14.8. The van der Waals surface area contributed by atoms with Crippen molar-refractivity contribution < 1.29 is 24.2 Å². The molecule has 1 saturated carbocycles. The van der Waals surface area contributed by atoms with Crippen LogP contribution in [-0.2, 0) is 19.1 Å². The largest absolute Gasteiger partial charge is 0.394 e. The third-order valence-corrected chi connectivity index (χ3v) is 10.2. The Morgan fingerprint density at radius 1 is 1.10 bits per heavy atom. The number of ether oxygens (including phenoxy) is 1. The van der Waals surface area contributed by atoms with Gasteiger partial charge in [-0.15, -0.1) is 13.2 Å². The lowest BCUT2D eigenvalue weighted by Crippen LogP contribution is -2.61. The molecule has 4 aliphatic rings. The number of rotatable bonds is 13. The van der Waals surface area contributed by atoms with Gasteiger partial charge in [0.25, 0.3) is 0 Å². The van der Waals surface area contributed by atoms with Gasteiger partial charge in [-0.25, -0.2) is 0 Å². The number of carbonyl (C=O) groups excluding carboxylic acids is 3. The fourth-order valence-corrected chi connectivity index (χ4v) is 8.31. The Hall–Kier alpha value is -2.19. The Bertz CT molecular complexity index is 978. The molecule has 0 aromatic carbocycles. The summed E-state index contributed by atoms with van der Waals surface area (Å²) in [5.41, 5.74) is -1.87. The van der Waals surface area contributed by atoms with Crippen molar-refractivity contribution in [1.82, 2.24) is 14.7 Å². The van der Waals surface area contributed by atoms with Crippen molar-refractivity contribution in [2.75, 3.05) is 26.2 Å². The van der Waals surface area contributed by atoms with Crippen LogP contribution in [0.25, 0.3) is 0 Å². The van der Waals surface area contributed by atoms with Crippen molar-refractivity contribution in [3.05, 3.63) is 25.3 Å². The van der Waals surface area contributed by atoms with Crippen LogP contribution >= 0.6 is 0 Å². The summed E-state index contributed by atoms with van der Waals surface area (Å²) < 4.78 is 6.99. The van der Waals surface area contributed by atoms with Crippen LogP contribution in [0.15, 0.2) is 25.3 Å². The second kappa shape index (κ2) is 12.4. The van der Waals surface area contributed by atoms with Crippen LogP contribution in [0.4, 0.5) is 0 Å². The first-order chi connectivity index (χ1) is 19.2. The van der Waals surface area contributed by atoms with Gasteiger partial charge in [0.2, 0.25) is 17.7 Å². The van der Waals surface area contributed by atoms with Crippen LogP contribution in [-0.4, -0.2) is 93.1 Å². The Balaban J connectivity index is 1.84. The van der Waals surface area contributed by atoms with Gasteiger partial charge in [0.15, 0.2) is 0 Å². The van der Waals surface area contributed by atoms with E-state index >= 15 is 0 Å². The highest BCUT2D eigenvalue weighted by Crippen LogP contribution is 2.65. The summed E-state index contributed by atoms with van der Waals surface area (Å²) in [7, 11) is 0. The molecule has 0 radical (unpaired) electrons. The Morgan fingerprint density at radius 2 is 1.77 bits per heavy atom. The van der Waals surface area contributed by atoms with Gasteiger partial charge in [-0.1, -0.05) is 59.1 Å². The average Bonchev–Trinajstić information content (AvgIpc) is 3.55. The van der Waals surface area contributed by atoms with E-state index in [0.717, 1.165) is 38.5 Å². The Kier molecular flexibility index (Phi) is 9.50. The van der Waals surface area contributed by atoms with Crippen molar-refractivity contribution in [3.8, 4) is 0 Å². The predicted molar refractivity (Wildman–Crippen MR) is 155 cm³/mol. The summed E-state index contributed by atoms with van der Waals surface area (Å²) in [5.74, 6) is -1.94. The fourth-order valence-electron chi connectivity index (χ4n) is 8.31. The van der Waals surface area contributed by atoms with E-state index in [-0.39, 0.29) is 36.3 Å². The molecule has 0 aromatic rings. The average molecular weight is 558 g/mol. The number of aliphatic hydroxyl groups is 1. The third kappa shape index (κ3) is 4.83. The standard InChI is InChI=1S/C32H51N3O5/c1-7-18-33(19-8-2)28(37)25-26-29(38)35(24(21-36)22(5)6)27(32(26)17-16-31(25,10-4)40-32)30(39)34(20-9-3)23-14-12-11-13-15-23/h7,9,22-27,36H,1,3,8,10-21H2,2,4-6H3/t24-,25-,26-,27?,31+,32?/m0/s1. The Labute approximate surface area is 240 Å². The number of carbonyl (C=O) groups is 3. The molecule has 2 bridgehead atoms. The van der Waals surface area contributed by atoms with Crippen LogP contribution in [0.5, 0.6) is 0 Å². The van der Waals surface area contributed by atoms with Crippen molar-refractivity contribution in [2.24, 2.45) is 17.8 Å². The highest BCUT2D eigenvalue weighted by Gasteiger charge is 2.79. The van der Waals surface area contributed by atoms with Crippen LogP contribution in [0.2, 0.25) is 0 Å². The quantitative estimate of drug-likeness (QED) is 0.347. The van der Waals surface area contributed by atoms with Crippen LogP contribution in [0, 0.1) is 17.8 Å². The summed E-state index contributed by atoms with van der Waals surface area (Å²) in [6.45, 7) is 16.9. The summed E-state index contributed by atoms with van der Waals surface area (Å²) >= 11 is 0. The highest BCUT2D eigenvalue weighted by atomic mass is 16.5. The summed E-state index contributed by atoms with van der Waals surface area (Å²) in [4.78, 5) is 49.0. The first kappa shape index (κ1) is 30.8. The van der Waals surface area contributed by atoms with Crippen LogP contribution in [0.1, 0.15) is 85.5 Å². The van der Waals surface area contributed by atoms with Gasteiger partial charge in [0.05, 0.1) is 30.1 Å². The molecule has 6 atom stereocenters. The summed E-state index contributed by atoms with van der Waals surface area (Å²) in [6.07, 6.45) is 11.2. The van der Waals surface area contributed by atoms with Crippen LogP contribution in [0.3, 0.4) is 0 Å². The highest BCUT2D eigenvalue weighted by molar-refractivity contribution is 5.99. The second-order valence-electron chi connectivity index (χ2n) is 12.7. The van der Waals surface area contributed by atoms with E-state index in [0.29, 0.717) is 38.9 Å². The summed E-state index contributed by atoms with van der Waals surface area (Å²) in [5, 5.41) is 10.5. The maximum absolute atomic E-state index is 14.8. The molecule has 1 aliphatic carbocycles. The molecule has 2 unspecified atom stereocenters. The monoisotopic (exact) mass is 557 g/mol. The second-order valence-corrected chi connectivity index (χ2v) is 12.7. The molecule has 3 aliphatic heterocycles. The number of aliphatic hydroxyl groups excluding tert-OH is 1. The normalized spacial score (nSPS) is 32.3. The molecule has 1 N–H and O–H groups in total. The fraction of sp³-hybridized carbons (Fsp3) is 0.781. The number of fused-ring (bicyclic) bond motifs is 1. The van der Waals surface area contributed by atoms with Gasteiger partial charge in [-0.3, -0.25) is 14.4 Å². The topological polar surface area (TPSA) is 90.4 Å². The van der Waals surface area contributed by atoms with Gasteiger partial charge in [0.1, 0.15) is 11.6 Å². The molecular formula is C32H51N3O5. The lowest BCUT2D eigenvalue weighted by atomic mass is 9.64. The number of hydrogen-bond acceptors (Lipinski definition) is 5. The van der Waals surface area contributed by atoms with Gasteiger partial charge < -0.3 is 24.5 Å². The van der Waals surface area contributed by atoms with E-state index in [2.05, 4.69) is 13.2 Å². The molecule has 4 rings (SSSR count). The molecule has 3 saturated heterocycles. The number of likely N-dealkylation sites (tertiary alicyclic amines) is 1. The molecule has 4 fully saturated rings. The van der Waals surface area contributed by atoms with E-state index < -0.39 is 35.1 Å². The molecule has 40 heavy (non-hydrogen) atoms. The smallest absolute Gasteiger partial charge is 0.248 e. The van der Waals surface area contributed by atoms with E-state index in [9.17, 15) is 19.5 Å². The van der Waals surface area contributed by atoms with Crippen LogP contribution < -0.4 is 0 Å². The maximum Gasteiger partial charge on any atom is 0.248 e. The molecule has 8 heteroatoms. The Morgan fingerprint density at radius 3 is 2.33 bits per heavy atom. The molecule has 3 amide bonds. The minimum absolute atomic E-state index is 0.0779. The summed E-state index contributed by atoms with van der Waals surface area (Å²) in [6, 6.07) is -1.34. The minimum Gasteiger partial charge on any atom is -0.394 e. The van der Waals surface area contributed by atoms with Gasteiger partial charge in [-0.2, -0.15) is 0 Å². The van der Waals surface area contributed by atoms with Gasteiger partial charge in [-0.05, 0) is 44.4 Å². The molecule has 3 heterocycles. The van der Waals surface area contributed by atoms with Crippen molar-refractivity contribution in [3.63, 3.8) is 0 Å². The van der Waals surface area contributed by atoms with Gasteiger partial charge in [0, 0.05) is 25.7 Å². The van der Waals surface area contributed by atoms with Crippen molar-refractivity contribution >= 4 is 17.7 Å². The van der Waals surface area contributed by atoms with E-state index in [4.69, 9.17) is 4.74 Å². The first-order valence-electron chi connectivity index (χ1n) is 15.6. The first-order valence-corrected chi connectivity index (χ1v) is 15.6. The van der Waals surface area contributed by atoms with E-state index in [1.165, 1.54) is 0 Å². The van der Waals surface area contributed by atoms with Gasteiger partial charge >= 0.3 is 0 Å².